The largest absolute Gasteiger partial charge is 0.319 e. The molecule has 0 aliphatic heterocycles. The average molecular weight is 288 g/mol. The van der Waals surface area contributed by atoms with Crippen molar-refractivity contribution in [3.05, 3.63) is 20.8 Å². The summed E-state index contributed by atoms with van der Waals surface area (Å²) in [6.45, 7) is 1.19. The molecule has 2 rings (SSSR count). The first-order valence-corrected chi connectivity index (χ1v) is 7.29. The predicted octanol–water partition coefficient (Wildman–Crippen LogP) is 3.69. The summed E-state index contributed by atoms with van der Waals surface area (Å²) in [6.07, 6.45) is 5.53. The van der Waals surface area contributed by atoms with Crippen LogP contribution < -0.4 is 5.32 Å². The van der Waals surface area contributed by atoms with Crippen LogP contribution >= 0.6 is 27.3 Å². The molecule has 1 fully saturated rings. The maximum absolute atomic E-state index is 3.53. The van der Waals surface area contributed by atoms with Gasteiger partial charge in [-0.05, 0) is 72.8 Å². The van der Waals surface area contributed by atoms with Gasteiger partial charge in [-0.1, -0.05) is 6.42 Å². The van der Waals surface area contributed by atoms with E-state index in [1.807, 2.05) is 11.3 Å². The summed E-state index contributed by atoms with van der Waals surface area (Å²) in [4.78, 5) is 1.54. The average Bonchev–Trinajstić information content (AvgIpc) is 2.78. The minimum absolute atomic E-state index is 0.899. The molecule has 1 aromatic heterocycles. The molecule has 0 radical (unpaired) electrons. The Morgan fingerprint density at radius 1 is 1.40 bits per heavy atom. The molecule has 1 N–H and O–H groups in total. The van der Waals surface area contributed by atoms with Gasteiger partial charge in [0.05, 0.1) is 3.79 Å². The summed E-state index contributed by atoms with van der Waals surface area (Å²) in [6, 6.07) is 4.44. The quantitative estimate of drug-likeness (QED) is 0.891. The van der Waals surface area contributed by atoms with Crippen molar-refractivity contribution in [3.8, 4) is 0 Å². The molecule has 0 spiro atoms. The summed E-state index contributed by atoms with van der Waals surface area (Å²) in [5.41, 5.74) is 0. The number of hydrogen-bond donors (Lipinski definition) is 1. The molecular weight excluding hydrogens is 270 g/mol. The Balaban J connectivity index is 1.93. The van der Waals surface area contributed by atoms with Crippen molar-refractivity contribution < 1.29 is 0 Å². The van der Waals surface area contributed by atoms with Gasteiger partial charge in [-0.15, -0.1) is 11.3 Å². The van der Waals surface area contributed by atoms with E-state index < -0.39 is 0 Å². The second-order valence-electron chi connectivity index (χ2n) is 4.42. The van der Waals surface area contributed by atoms with Crippen LogP contribution in [0, 0.1) is 11.8 Å². The van der Waals surface area contributed by atoms with Gasteiger partial charge in [0.1, 0.15) is 0 Å². The van der Waals surface area contributed by atoms with Crippen molar-refractivity contribution in [1.82, 2.24) is 5.32 Å². The van der Waals surface area contributed by atoms with E-state index in [0.717, 1.165) is 11.8 Å². The Morgan fingerprint density at radius 2 is 2.20 bits per heavy atom. The number of halogens is 1. The van der Waals surface area contributed by atoms with Gasteiger partial charge in [-0.3, -0.25) is 0 Å². The Bertz CT molecular complexity index is 310. The lowest BCUT2D eigenvalue weighted by Crippen LogP contribution is -2.22. The van der Waals surface area contributed by atoms with Crippen LogP contribution in [-0.2, 0) is 6.42 Å². The molecule has 1 aliphatic carbocycles. The summed E-state index contributed by atoms with van der Waals surface area (Å²) in [5, 5.41) is 3.32. The second kappa shape index (κ2) is 5.46. The van der Waals surface area contributed by atoms with Gasteiger partial charge < -0.3 is 5.32 Å². The van der Waals surface area contributed by atoms with Crippen LogP contribution in [0.1, 0.15) is 24.1 Å². The van der Waals surface area contributed by atoms with Gasteiger partial charge >= 0.3 is 0 Å². The van der Waals surface area contributed by atoms with Gasteiger partial charge in [-0.25, -0.2) is 0 Å². The van der Waals surface area contributed by atoms with Gasteiger partial charge in [0, 0.05) is 4.88 Å². The van der Waals surface area contributed by atoms with Crippen molar-refractivity contribution in [2.24, 2.45) is 11.8 Å². The minimum Gasteiger partial charge on any atom is -0.319 e. The molecule has 1 aromatic rings. The van der Waals surface area contributed by atoms with E-state index in [2.05, 4.69) is 40.4 Å². The molecule has 1 nitrogen and oxygen atoms in total. The Morgan fingerprint density at radius 3 is 2.87 bits per heavy atom. The normalized spacial score (nSPS) is 26.0. The van der Waals surface area contributed by atoms with Crippen LogP contribution in [-0.4, -0.2) is 13.6 Å². The smallest absolute Gasteiger partial charge is 0.0701 e. The van der Waals surface area contributed by atoms with E-state index in [9.17, 15) is 0 Å². The maximum Gasteiger partial charge on any atom is 0.0701 e. The molecule has 1 aliphatic rings. The molecule has 15 heavy (non-hydrogen) atoms. The highest BCUT2D eigenvalue weighted by atomic mass is 79.9. The first-order valence-electron chi connectivity index (χ1n) is 5.68. The monoisotopic (exact) mass is 287 g/mol. The highest BCUT2D eigenvalue weighted by molar-refractivity contribution is 9.11. The van der Waals surface area contributed by atoms with Crippen LogP contribution in [0.25, 0.3) is 0 Å². The molecule has 0 aromatic carbocycles. The lowest BCUT2D eigenvalue weighted by Gasteiger charge is -2.18. The number of nitrogens with one attached hydrogen (secondary N) is 1. The second-order valence-corrected chi connectivity index (χ2v) is 6.97. The molecule has 0 bridgehead atoms. The van der Waals surface area contributed by atoms with E-state index in [-0.39, 0.29) is 0 Å². The fraction of sp³-hybridized carbons (Fsp3) is 0.667. The van der Waals surface area contributed by atoms with Crippen molar-refractivity contribution in [3.63, 3.8) is 0 Å². The Kier molecular flexibility index (Phi) is 4.23. The molecule has 0 amide bonds. The van der Waals surface area contributed by atoms with Crippen LogP contribution in [0.5, 0.6) is 0 Å². The highest BCUT2D eigenvalue weighted by Gasteiger charge is 2.26. The standard InChI is InChI=1S/C12H18BrNS/c1-14-8-10-4-2-3-9(10)7-11-5-6-12(13)15-11/h5-6,9-10,14H,2-4,7-8H2,1H3. The number of rotatable bonds is 4. The van der Waals surface area contributed by atoms with E-state index in [4.69, 9.17) is 0 Å². The lowest BCUT2D eigenvalue weighted by molar-refractivity contribution is 0.376. The Hall–Kier alpha value is 0.140. The van der Waals surface area contributed by atoms with Crippen molar-refractivity contribution in [1.29, 1.82) is 0 Å². The van der Waals surface area contributed by atoms with E-state index in [0.29, 0.717) is 0 Å². The predicted molar refractivity (Wildman–Crippen MR) is 70.5 cm³/mol. The zero-order valence-corrected chi connectivity index (χ0v) is 11.5. The zero-order valence-electron chi connectivity index (χ0n) is 9.13. The molecule has 0 saturated heterocycles. The van der Waals surface area contributed by atoms with E-state index in [1.165, 1.54) is 40.9 Å². The molecule has 2 unspecified atom stereocenters. The van der Waals surface area contributed by atoms with Gasteiger partial charge in [0.2, 0.25) is 0 Å². The third-order valence-electron chi connectivity index (χ3n) is 3.38. The van der Waals surface area contributed by atoms with Gasteiger partial charge in [0.15, 0.2) is 0 Å². The SMILES string of the molecule is CNCC1CCCC1Cc1ccc(Br)s1. The first-order chi connectivity index (χ1) is 7.29. The fourth-order valence-corrected chi connectivity index (χ4v) is 4.21. The van der Waals surface area contributed by atoms with Crippen LogP contribution in [0.2, 0.25) is 0 Å². The van der Waals surface area contributed by atoms with Crippen LogP contribution in [0.15, 0.2) is 15.9 Å². The van der Waals surface area contributed by atoms with E-state index in [1.54, 1.807) is 0 Å². The third-order valence-corrected chi connectivity index (χ3v) is 5.02. The third kappa shape index (κ3) is 3.05. The summed E-state index contributed by atoms with van der Waals surface area (Å²) in [7, 11) is 2.07. The van der Waals surface area contributed by atoms with Gasteiger partial charge in [0.25, 0.3) is 0 Å². The number of thiophene rings is 1. The topological polar surface area (TPSA) is 12.0 Å². The zero-order chi connectivity index (χ0) is 10.7. The first kappa shape index (κ1) is 11.6. The summed E-state index contributed by atoms with van der Waals surface area (Å²) < 4.78 is 1.26. The maximum atomic E-state index is 3.53. The molecule has 1 saturated carbocycles. The van der Waals surface area contributed by atoms with Crippen LogP contribution in [0.3, 0.4) is 0 Å². The molecular formula is C12H18BrNS. The molecule has 1 heterocycles. The van der Waals surface area contributed by atoms with Crippen molar-refractivity contribution in [2.45, 2.75) is 25.7 Å². The Labute approximate surface area is 104 Å². The highest BCUT2D eigenvalue weighted by Crippen LogP contribution is 2.35. The van der Waals surface area contributed by atoms with Crippen molar-refractivity contribution in [2.75, 3.05) is 13.6 Å². The lowest BCUT2D eigenvalue weighted by atomic mass is 9.92. The molecule has 2 atom stereocenters. The van der Waals surface area contributed by atoms with E-state index >= 15 is 0 Å². The molecule has 3 heteroatoms. The summed E-state index contributed by atoms with van der Waals surface area (Å²) >= 11 is 5.42. The van der Waals surface area contributed by atoms with Crippen molar-refractivity contribution >= 4 is 27.3 Å². The summed E-state index contributed by atoms with van der Waals surface area (Å²) in [5.74, 6) is 1.80. The van der Waals surface area contributed by atoms with Crippen LogP contribution in [0.4, 0.5) is 0 Å². The molecule has 84 valence electrons. The van der Waals surface area contributed by atoms with Gasteiger partial charge in [-0.2, -0.15) is 0 Å². The number of hydrogen-bond acceptors (Lipinski definition) is 2. The minimum atomic E-state index is 0.899. The fourth-order valence-electron chi connectivity index (χ4n) is 2.63.